The number of carbonyl (C=O) groups excluding carboxylic acids is 2. The molecule has 1 rings (SSSR count). The molecule has 1 saturated carbocycles. The van der Waals surface area contributed by atoms with Gasteiger partial charge in [0.25, 0.3) is 0 Å². The molecule has 0 heterocycles. The van der Waals surface area contributed by atoms with E-state index in [0.717, 1.165) is 25.7 Å². The standard InChI is InChI=1S/C10H16O2.3C2H6/c1-7(11)9-3-5-10(6-4-9)8(2)12;3*1-2/h9-10H,3-6H2,1-2H3;3*1-2H3. The summed E-state index contributed by atoms with van der Waals surface area (Å²) in [6, 6.07) is 0. The molecule has 0 radical (unpaired) electrons. The number of ketones is 2. The summed E-state index contributed by atoms with van der Waals surface area (Å²) in [4.78, 5) is 22.0. The lowest BCUT2D eigenvalue weighted by Gasteiger charge is -2.24. The van der Waals surface area contributed by atoms with E-state index in [4.69, 9.17) is 0 Å². The Balaban J connectivity index is -0.000000328. The molecular weight excluding hydrogens is 224 g/mol. The molecule has 0 bridgehead atoms. The molecular formula is C16H34O2. The van der Waals surface area contributed by atoms with Gasteiger partial charge in [-0.05, 0) is 39.5 Å². The summed E-state index contributed by atoms with van der Waals surface area (Å²) < 4.78 is 0. The molecule has 0 spiro atoms. The largest absolute Gasteiger partial charge is 0.300 e. The van der Waals surface area contributed by atoms with E-state index in [9.17, 15) is 9.59 Å². The Kier molecular flexibility index (Phi) is 20.4. The Bertz CT molecular complexity index is 167. The van der Waals surface area contributed by atoms with Crippen molar-refractivity contribution < 1.29 is 9.59 Å². The second-order valence-corrected chi connectivity index (χ2v) is 3.77. The van der Waals surface area contributed by atoms with Gasteiger partial charge in [-0.2, -0.15) is 0 Å². The van der Waals surface area contributed by atoms with Crippen LogP contribution < -0.4 is 0 Å². The van der Waals surface area contributed by atoms with Gasteiger partial charge >= 0.3 is 0 Å². The Labute approximate surface area is 115 Å². The molecule has 110 valence electrons. The Morgan fingerprint density at radius 1 is 0.611 bits per heavy atom. The van der Waals surface area contributed by atoms with E-state index in [1.54, 1.807) is 13.8 Å². The molecule has 18 heavy (non-hydrogen) atoms. The van der Waals surface area contributed by atoms with E-state index in [1.165, 1.54) is 0 Å². The minimum Gasteiger partial charge on any atom is -0.300 e. The number of rotatable bonds is 2. The van der Waals surface area contributed by atoms with Crippen molar-refractivity contribution in [2.24, 2.45) is 11.8 Å². The Morgan fingerprint density at radius 2 is 0.778 bits per heavy atom. The van der Waals surface area contributed by atoms with Crippen LogP contribution in [-0.4, -0.2) is 11.6 Å². The lowest BCUT2D eigenvalue weighted by atomic mass is 9.79. The molecule has 0 saturated heterocycles. The SMILES string of the molecule is CC.CC.CC.CC(=O)C1CCC(C(C)=O)CC1. The predicted molar refractivity (Wildman–Crippen MR) is 80.9 cm³/mol. The summed E-state index contributed by atoms with van der Waals surface area (Å²) >= 11 is 0. The molecule has 0 N–H and O–H groups in total. The Morgan fingerprint density at radius 3 is 0.889 bits per heavy atom. The maximum absolute atomic E-state index is 11.0. The highest BCUT2D eigenvalue weighted by molar-refractivity contribution is 5.80. The highest BCUT2D eigenvalue weighted by atomic mass is 16.1. The van der Waals surface area contributed by atoms with Crippen molar-refractivity contribution >= 4 is 11.6 Å². The van der Waals surface area contributed by atoms with Crippen LogP contribution in [-0.2, 0) is 9.59 Å². The molecule has 1 fully saturated rings. The summed E-state index contributed by atoms with van der Waals surface area (Å²) in [7, 11) is 0. The molecule has 2 heteroatoms. The minimum absolute atomic E-state index is 0.237. The average molecular weight is 258 g/mol. The van der Waals surface area contributed by atoms with Crippen LogP contribution in [0.2, 0.25) is 0 Å². The van der Waals surface area contributed by atoms with Crippen LogP contribution in [0.4, 0.5) is 0 Å². The monoisotopic (exact) mass is 258 g/mol. The fourth-order valence-electron chi connectivity index (χ4n) is 1.91. The summed E-state index contributed by atoms with van der Waals surface area (Å²) in [6.07, 6.45) is 3.66. The van der Waals surface area contributed by atoms with Crippen LogP contribution in [0.5, 0.6) is 0 Å². The van der Waals surface area contributed by atoms with Crippen molar-refractivity contribution in [1.82, 2.24) is 0 Å². The minimum atomic E-state index is 0.237. The number of hydrogen-bond acceptors (Lipinski definition) is 2. The third-order valence-electron chi connectivity index (χ3n) is 2.88. The second kappa shape index (κ2) is 16.3. The molecule has 0 aromatic rings. The normalized spacial score (nSPS) is 20.9. The van der Waals surface area contributed by atoms with Crippen molar-refractivity contribution in [3.63, 3.8) is 0 Å². The first-order valence-corrected chi connectivity index (χ1v) is 7.62. The smallest absolute Gasteiger partial charge is 0.132 e. The molecule has 2 nitrogen and oxygen atoms in total. The van der Waals surface area contributed by atoms with Gasteiger partial charge in [0.1, 0.15) is 11.6 Å². The maximum Gasteiger partial charge on any atom is 0.132 e. The fourth-order valence-corrected chi connectivity index (χ4v) is 1.91. The zero-order valence-electron chi connectivity index (χ0n) is 13.8. The van der Waals surface area contributed by atoms with Gasteiger partial charge in [-0.25, -0.2) is 0 Å². The van der Waals surface area contributed by atoms with Crippen LogP contribution in [0.25, 0.3) is 0 Å². The van der Waals surface area contributed by atoms with Gasteiger partial charge in [0.2, 0.25) is 0 Å². The first-order valence-electron chi connectivity index (χ1n) is 7.62. The molecule has 0 atom stereocenters. The molecule has 0 aromatic heterocycles. The third kappa shape index (κ3) is 10.5. The van der Waals surface area contributed by atoms with Gasteiger partial charge in [0, 0.05) is 11.8 Å². The molecule has 0 amide bonds. The van der Waals surface area contributed by atoms with Crippen LogP contribution in [0.3, 0.4) is 0 Å². The second-order valence-electron chi connectivity index (χ2n) is 3.77. The lowest BCUT2D eigenvalue weighted by molar-refractivity contribution is -0.126. The maximum atomic E-state index is 11.0. The Hall–Kier alpha value is -0.660. The van der Waals surface area contributed by atoms with Gasteiger partial charge in [-0.1, -0.05) is 41.5 Å². The predicted octanol–water partition coefficient (Wildman–Crippen LogP) is 5.05. The van der Waals surface area contributed by atoms with Crippen molar-refractivity contribution in [3.8, 4) is 0 Å². The number of carbonyl (C=O) groups is 2. The van der Waals surface area contributed by atoms with Crippen molar-refractivity contribution in [2.45, 2.75) is 81.1 Å². The zero-order chi connectivity index (χ0) is 15.1. The van der Waals surface area contributed by atoms with E-state index < -0.39 is 0 Å². The molecule has 0 aromatic carbocycles. The zero-order valence-corrected chi connectivity index (χ0v) is 13.8. The van der Waals surface area contributed by atoms with Crippen molar-refractivity contribution in [2.75, 3.05) is 0 Å². The summed E-state index contributed by atoms with van der Waals surface area (Å²) in [6.45, 7) is 15.3. The highest BCUT2D eigenvalue weighted by Gasteiger charge is 2.25. The first kappa shape index (κ1) is 22.5. The molecule has 1 aliphatic carbocycles. The van der Waals surface area contributed by atoms with Gasteiger partial charge < -0.3 is 0 Å². The van der Waals surface area contributed by atoms with E-state index in [1.807, 2.05) is 41.5 Å². The number of hydrogen-bond donors (Lipinski definition) is 0. The third-order valence-corrected chi connectivity index (χ3v) is 2.88. The quantitative estimate of drug-likeness (QED) is 0.694. The van der Waals surface area contributed by atoms with E-state index >= 15 is 0 Å². The fraction of sp³-hybridized carbons (Fsp3) is 0.875. The molecule has 0 unspecified atom stereocenters. The van der Waals surface area contributed by atoms with Gasteiger partial charge in [0.05, 0.1) is 0 Å². The van der Waals surface area contributed by atoms with Crippen molar-refractivity contribution in [1.29, 1.82) is 0 Å². The first-order chi connectivity index (χ1) is 8.61. The van der Waals surface area contributed by atoms with Crippen LogP contribution >= 0.6 is 0 Å². The van der Waals surface area contributed by atoms with Gasteiger partial charge in [-0.15, -0.1) is 0 Å². The van der Waals surface area contributed by atoms with Gasteiger partial charge in [0.15, 0.2) is 0 Å². The van der Waals surface area contributed by atoms with Crippen molar-refractivity contribution in [3.05, 3.63) is 0 Å². The average Bonchev–Trinajstić information content (AvgIpc) is 2.45. The number of Topliss-reactive ketones (excluding diaryl/α,β-unsaturated/α-hetero) is 2. The molecule has 0 aliphatic heterocycles. The highest BCUT2D eigenvalue weighted by Crippen LogP contribution is 2.29. The lowest BCUT2D eigenvalue weighted by Crippen LogP contribution is -2.23. The van der Waals surface area contributed by atoms with Crippen LogP contribution in [0, 0.1) is 11.8 Å². The van der Waals surface area contributed by atoms with E-state index in [0.29, 0.717) is 0 Å². The summed E-state index contributed by atoms with van der Waals surface area (Å²) in [5.74, 6) is 1.05. The van der Waals surface area contributed by atoms with Crippen LogP contribution in [0.15, 0.2) is 0 Å². The van der Waals surface area contributed by atoms with Gasteiger partial charge in [-0.3, -0.25) is 9.59 Å². The summed E-state index contributed by atoms with van der Waals surface area (Å²) in [5.41, 5.74) is 0. The summed E-state index contributed by atoms with van der Waals surface area (Å²) in [5, 5.41) is 0. The van der Waals surface area contributed by atoms with E-state index in [-0.39, 0.29) is 23.4 Å². The molecule has 1 aliphatic rings. The topological polar surface area (TPSA) is 34.1 Å². The van der Waals surface area contributed by atoms with E-state index in [2.05, 4.69) is 0 Å². The van der Waals surface area contributed by atoms with Crippen LogP contribution in [0.1, 0.15) is 81.1 Å².